The van der Waals surface area contributed by atoms with Crippen LogP contribution in [0.3, 0.4) is 0 Å². The first-order valence-electron chi connectivity index (χ1n) is 5.96. The lowest BCUT2D eigenvalue weighted by molar-refractivity contribution is -0.384. The molecular formula is C12H12BrFN2O5. The Morgan fingerprint density at radius 1 is 1.62 bits per heavy atom. The number of nitrogens with zero attached hydrogens (tertiary/aromatic N) is 2. The van der Waals surface area contributed by atoms with E-state index in [1.807, 2.05) is 0 Å². The predicted octanol–water partition coefficient (Wildman–Crippen LogP) is 2.18. The van der Waals surface area contributed by atoms with Gasteiger partial charge in [-0.15, -0.1) is 0 Å². The van der Waals surface area contributed by atoms with E-state index < -0.39 is 28.9 Å². The van der Waals surface area contributed by atoms with Crippen LogP contribution >= 0.6 is 15.9 Å². The molecule has 0 atom stereocenters. The minimum absolute atomic E-state index is 0.0170. The van der Waals surface area contributed by atoms with E-state index in [1.54, 1.807) is 11.8 Å². The fraction of sp³-hybridized carbons (Fsp3) is 0.417. The lowest BCUT2D eigenvalue weighted by Gasteiger charge is -2.48. The first-order chi connectivity index (χ1) is 9.72. The van der Waals surface area contributed by atoms with E-state index >= 15 is 0 Å². The molecule has 1 aliphatic rings. The number of hydrogen-bond acceptors (Lipinski definition) is 5. The Morgan fingerprint density at radius 3 is 2.76 bits per heavy atom. The number of rotatable bonds is 5. The van der Waals surface area contributed by atoms with Gasteiger partial charge < -0.3 is 14.7 Å². The third-order valence-corrected chi connectivity index (χ3v) is 3.76. The predicted molar refractivity (Wildman–Crippen MR) is 75.0 cm³/mol. The molecule has 7 nitrogen and oxygen atoms in total. The third kappa shape index (κ3) is 3.30. The second-order valence-corrected chi connectivity index (χ2v) is 5.85. The van der Waals surface area contributed by atoms with Gasteiger partial charge in [0.25, 0.3) is 5.69 Å². The number of carboxylic acid groups (broad SMARTS) is 1. The SMILES string of the molecule is CC1(OCC(=O)O)CN(c2cc(F)c(Br)cc2[N+](=O)[O-])C1. The average molecular weight is 363 g/mol. The van der Waals surface area contributed by atoms with Crippen molar-refractivity contribution in [3.05, 3.63) is 32.5 Å². The quantitative estimate of drug-likeness (QED) is 0.637. The molecule has 0 spiro atoms. The zero-order valence-electron chi connectivity index (χ0n) is 11.0. The van der Waals surface area contributed by atoms with Crippen molar-refractivity contribution in [1.82, 2.24) is 0 Å². The largest absolute Gasteiger partial charge is 0.480 e. The van der Waals surface area contributed by atoms with Gasteiger partial charge in [-0.25, -0.2) is 9.18 Å². The van der Waals surface area contributed by atoms with Gasteiger partial charge in [0.2, 0.25) is 0 Å². The topological polar surface area (TPSA) is 92.9 Å². The number of carbonyl (C=O) groups is 1. The van der Waals surface area contributed by atoms with Crippen LogP contribution in [0, 0.1) is 15.9 Å². The number of nitro benzene ring substituents is 1. The molecule has 114 valence electrons. The molecule has 1 heterocycles. The molecule has 0 unspecified atom stereocenters. The van der Waals surface area contributed by atoms with Crippen molar-refractivity contribution < 1.29 is 24.0 Å². The summed E-state index contributed by atoms with van der Waals surface area (Å²) in [7, 11) is 0. The second-order valence-electron chi connectivity index (χ2n) is 5.00. The van der Waals surface area contributed by atoms with Gasteiger partial charge in [0, 0.05) is 25.2 Å². The van der Waals surface area contributed by atoms with Crippen molar-refractivity contribution in [2.45, 2.75) is 12.5 Å². The summed E-state index contributed by atoms with van der Waals surface area (Å²) in [6.07, 6.45) is 0. The van der Waals surface area contributed by atoms with Crippen LogP contribution in [0.25, 0.3) is 0 Å². The van der Waals surface area contributed by atoms with Crippen molar-refractivity contribution in [2.75, 3.05) is 24.6 Å². The maximum absolute atomic E-state index is 13.6. The van der Waals surface area contributed by atoms with Gasteiger partial charge in [0.05, 0.1) is 9.40 Å². The van der Waals surface area contributed by atoms with Gasteiger partial charge in [-0.3, -0.25) is 10.1 Å². The Labute approximate surface area is 127 Å². The van der Waals surface area contributed by atoms with Gasteiger partial charge >= 0.3 is 5.97 Å². The number of ether oxygens (including phenoxy) is 1. The summed E-state index contributed by atoms with van der Waals surface area (Å²) >= 11 is 2.91. The zero-order chi connectivity index (χ0) is 15.8. The van der Waals surface area contributed by atoms with Crippen molar-refractivity contribution in [1.29, 1.82) is 0 Å². The molecule has 2 rings (SSSR count). The number of hydrogen-bond donors (Lipinski definition) is 1. The van der Waals surface area contributed by atoms with Gasteiger partial charge in [0.1, 0.15) is 23.7 Å². The molecule has 0 bridgehead atoms. The highest BCUT2D eigenvalue weighted by atomic mass is 79.9. The van der Waals surface area contributed by atoms with Crippen molar-refractivity contribution in [3.63, 3.8) is 0 Å². The molecular weight excluding hydrogens is 351 g/mol. The molecule has 21 heavy (non-hydrogen) atoms. The van der Waals surface area contributed by atoms with Crippen LogP contribution in [0.4, 0.5) is 15.8 Å². The standard InChI is InChI=1S/C12H12BrFN2O5/c1-12(21-4-11(17)18)5-15(6-12)9-3-8(14)7(13)2-10(9)16(19)20/h2-3H,4-6H2,1H3,(H,17,18). The Hall–Kier alpha value is -1.74. The molecule has 0 amide bonds. The Kier molecular flexibility index (Phi) is 4.15. The summed E-state index contributed by atoms with van der Waals surface area (Å²) in [6, 6.07) is 2.19. The maximum Gasteiger partial charge on any atom is 0.329 e. The molecule has 1 N–H and O–H groups in total. The van der Waals surface area contributed by atoms with E-state index in [0.717, 1.165) is 12.1 Å². The number of nitro groups is 1. The summed E-state index contributed by atoms with van der Waals surface area (Å²) in [4.78, 5) is 22.5. The summed E-state index contributed by atoms with van der Waals surface area (Å²) in [5.74, 6) is -1.69. The van der Waals surface area contributed by atoms with E-state index in [4.69, 9.17) is 9.84 Å². The van der Waals surface area contributed by atoms with Crippen molar-refractivity contribution in [2.24, 2.45) is 0 Å². The van der Waals surface area contributed by atoms with Crippen molar-refractivity contribution in [3.8, 4) is 0 Å². The summed E-state index contributed by atoms with van der Waals surface area (Å²) in [5.41, 5.74) is -0.781. The fourth-order valence-electron chi connectivity index (χ4n) is 2.18. The van der Waals surface area contributed by atoms with E-state index in [0.29, 0.717) is 0 Å². The Bertz CT molecular complexity index is 604. The lowest BCUT2D eigenvalue weighted by Crippen LogP contribution is -2.62. The molecule has 1 aliphatic heterocycles. The average Bonchev–Trinajstić information content (AvgIpc) is 2.35. The van der Waals surface area contributed by atoms with Gasteiger partial charge in [-0.05, 0) is 22.9 Å². The highest BCUT2D eigenvalue weighted by Crippen LogP contribution is 2.38. The highest BCUT2D eigenvalue weighted by molar-refractivity contribution is 9.10. The van der Waals surface area contributed by atoms with Crippen LogP contribution < -0.4 is 4.90 Å². The monoisotopic (exact) mass is 362 g/mol. The van der Waals surface area contributed by atoms with Crippen LogP contribution in [0.15, 0.2) is 16.6 Å². The minimum atomic E-state index is -1.09. The van der Waals surface area contributed by atoms with Crippen LogP contribution in [0.5, 0.6) is 0 Å². The molecule has 0 saturated carbocycles. The number of halogens is 2. The van der Waals surface area contributed by atoms with Gasteiger partial charge in [-0.2, -0.15) is 0 Å². The number of aliphatic carboxylic acids is 1. The molecule has 0 aromatic heterocycles. The van der Waals surface area contributed by atoms with Crippen LogP contribution in [0.2, 0.25) is 0 Å². The van der Waals surface area contributed by atoms with Gasteiger partial charge in [-0.1, -0.05) is 0 Å². The first-order valence-corrected chi connectivity index (χ1v) is 6.75. The number of anilines is 1. The molecule has 1 saturated heterocycles. The van der Waals surface area contributed by atoms with Crippen molar-refractivity contribution >= 4 is 33.3 Å². The molecule has 0 radical (unpaired) electrons. The zero-order valence-corrected chi connectivity index (χ0v) is 12.6. The maximum atomic E-state index is 13.6. The highest BCUT2D eigenvalue weighted by Gasteiger charge is 2.42. The number of carboxylic acids is 1. The molecule has 1 fully saturated rings. The van der Waals surface area contributed by atoms with Crippen LogP contribution in [0.1, 0.15) is 6.92 Å². The fourth-order valence-corrected chi connectivity index (χ4v) is 2.52. The summed E-state index contributed by atoms with van der Waals surface area (Å²) < 4.78 is 18.8. The van der Waals surface area contributed by atoms with E-state index in [9.17, 15) is 19.3 Å². The summed E-state index contributed by atoms with van der Waals surface area (Å²) in [6.45, 7) is 1.76. The molecule has 9 heteroatoms. The van der Waals surface area contributed by atoms with E-state index in [1.165, 1.54) is 0 Å². The summed E-state index contributed by atoms with van der Waals surface area (Å²) in [5, 5.41) is 19.6. The number of benzene rings is 1. The Morgan fingerprint density at radius 2 is 2.24 bits per heavy atom. The van der Waals surface area contributed by atoms with Crippen LogP contribution in [-0.4, -0.2) is 41.3 Å². The smallest absolute Gasteiger partial charge is 0.329 e. The van der Waals surface area contributed by atoms with E-state index in [2.05, 4.69) is 15.9 Å². The third-order valence-electron chi connectivity index (χ3n) is 3.15. The molecule has 1 aromatic rings. The Balaban J connectivity index is 2.16. The van der Waals surface area contributed by atoms with Gasteiger partial charge in [0.15, 0.2) is 0 Å². The first kappa shape index (κ1) is 15.6. The molecule has 1 aromatic carbocycles. The lowest BCUT2D eigenvalue weighted by atomic mass is 9.95. The minimum Gasteiger partial charge on any atom is -0.480 e. The second kappa shape index (κ2) is 5.57. The van der Waals surface area contributed by atoms with Crippen LogP contribution in [-0.2, 0) is 9.53 Å². The molecule has 0 aliphatic carbocycles. The normalized spacial score (nSPS) is 16.4. The van der Waals surface area contributed by atoms with E-state index in [-0.39, 0.29) is 28.9 Å².